The lowest BCUT2D eigenvalue weighted by molar-refractivity contribution is 0.0902. The molecule has 4 nitrogen and oxygen atoms in total. The van der Waals surface area contributed by atoms with Crippen LogP contribution in [0, 0.1) is 0 Å². The standard InChI is InChI=1S/C16H24N2O2/c1-2-10-20-14-7-5-6-13(11-14)15(19)18-16(12-17)8-3-4-9-16/h5-7,11H,2-4,8-10,12,17H2,1H3,(H,18,19). The molecule has 4 heteroatoms. The van der Waals surface area contributed by atoms with Crippen LogP contribution in [0.15, 0.2) is 24.3 Å². The Balaban J connectivity index is 2.05. The Morgan fingerprint density at radius 2 is 2.15 bits per heavy atom. The zero-order valence-electron chi connectivity index (χ0n) is 12.2. The summed E-state index contributed by atoms with van der Waals surface area (Å²) in [5.74, 6) is 0.687. The van der Waals surface area contributed by atoms with Crippen LogP contribution in [-0.2, 0) is 0 Å². The second-order valence-corrected chi connectivity index (χ2v) is 5.52. The first-order valence-electron chi connectivity index (χ1n) is 7.44. The molecule has 0 aromatic heterocycles. The Bertz CT molecular complexity index is 454. The van der Waals surface area contributed by atoms with E-state index in [2.05, 4.69) is 12.2 Å². The summed E-state index contributed by atoms with van der Waals surface area (Å²) < 4.78 is 5.56. The number of hydrogen-bond acceptors (Lipinski definition) is 3. The monoisotopic (exact) mass is 276 g/mol. The van der Waals surface area contributed by atoms with E-state index in [1.54, 1.807) is 6.07 Å². The summed E-state index contributed by atoms with van der Waals surface area (Å²) in [7, 11) is 0. The van der Waals surface area contributed by atoms with Crippen molar-refractivity contribution in [2.45, 2.75) is 44.6 Å². The summed E-state index contributed by atoms with van der Waals surface area (Å²) in [6.45, 7) is 3.23. The van der Waals surface area contributed by atoms with Crippen molar-refractivity contribution in [1.82, 2.24) is 5.32 Å². The maximum absolute atomic E-state index is 12.4. The number of nitrogens with one attached hydrogen (secondary N) is 1. The lowest BCUT2D eigenvalue weighted by atomic mass is 9.97. The van der Waals surface area contributed by atoms with Gasteiger partial charge in [-0.25, -0.2) is 0 Å². The van der Waals surface area contributed by atoms with E-state index >= 15 is 0 Å². The van der Waals surface area contributed by atoms with Gasteiger partial charge in [-0.3, -0.25) is 4.79 Å². The Hall–Kier alpha value is -1.55. The van der Waals surface area contributed by atoms with Crippen LogP contribution in [0.5, 0.6) is 5.75 Å². The van der Waals surface area contributed by atoms with Gasteiger partial charge in [0.1, 0.15) is 5.75 Å². The minimum Gasteiger partial charge on any atom is -0.494 e. The van der Waals surface area contributed by atoms with E-state index in [9.17, 15) is 4.79 Å². The van der Waals surface area contributed by atoms with Gasteiger partial charge in [0.05, 0.1) is 12.1 Å². The molecular weight excluding hydrogens is 252 g/mol. The minimum atomic E-state index is -0.211. The Kier molecular flexibility index (Phi) is 5.01. The number of amides is 1. The molecule has 0 spiro atoms. The molecule has 1 aromatic carbocycles. The molecule has 3 N–H and O–H groups in total. The third kappa shape index (κ3) is 3.51. The summed E-state index contributed by atoms with van der Waals surface area (Å²) >= 11 is 0. The molecule has 0 bridgehead atoms. The van der Waals surface area contributed by atoms with Crippen LogP contribution < -0.4 is 15.8 Å². The average Bonchev–Trinajstić information content (AvgIpc) is 2.94. The van der Waals surface area contributed by atoms with Crippen molar-refractivity contribution in [2.24, 2.45) is 5.73 Å². The second kappa shape index (κ2) is 6.75. The summed E-state index contributed by atoms with van der Waals surface area (Å²) in [6, 6.07) is 7.34. The number of hydrogen-bond donors (Lipinski definition) is 2. The molecule has 2 rings (SSSR count). The maximum atomic E-state index is 12.4. The van der Waals surface area contributed by atoms with Gasteiger partial charge >= 0.3 is 0 Å². The van der Waals surface area contributed by atoms with Crippen molar-refractivity contribution in [1.29, 1.82) is 0 Å². The molecule has 0 heterocycles. The number of rotatable bonds is 6. The van der Waals surface area contributed by atoms with Gasteiger partial charge in [-0.15, -0.1) is 0 Å². The predicted octanol–water partition coefficient (Wildman–Crippen LogP) is 2.48. The molecule has 20 heavy (non-hydrogen) atoms. The Labute approximate surface area is 120 Å². The number of nitrogens with two attached hydrogens (primary N) is 1. The first-order valence-corrected chi connectivity index (χ1v) is 7.44. The number of ether oxygens (including phenoxy) is 1. The lowest BCUT2D eigenvalue weighted by Crippen LogP contribution is -2.51. The number of carbonyl (C=O) groups is 1. The molecule has 0 unspecified atom stereocenters. The Morgan fingerprint density at radius 1 is 1.40 bits per heavy atom. The molecule has 1 amide bonds. The summed E-state index contributed by atoms with van der Waals surface area (Å²) in [4.78, 5) is 12.4. The summed E-state index contributed by atoms with van der Waals surface area (Å²) in [6.07, 6.45) is 5.17. The van der Waals surface area contributed by atoms with Crippen LogP contribution in [0.4, 0.5) is 0 Å². The van der Waals surface area contributed by atoms with Crippen molar-refractivity contribution >= 4 is 5.91 Å². The van der Waals surface area contributed by atoms with Gasteiger partial charge in [-0.2, -0.15) is 0 Å². The molecule has 0 atom stereocenters. The molecule has 1 aliphatic rings. The summed E-state index contributed by atoms with van der Waals surface area (Å²) in [5, 5.41) is 3.12. The van der Waals surface area contributed by atoms with Gasteiger partial charge in [0.15, 0.2) is 0 Å². The number of benzene rings is 1. The molecule has 1 aliphatic carbocycles. The van der Waals surface area contributed by atoms with Gasteiger partial charge in [0, 0.05) is 12.1 Å². The fraction of sp³-hybridized carbons (Fsp3) is 0.562. The lowest BCUT2D eigenvalue weighted by Gasteiger charge is -2.28. The number of carbonyl (C=O) groups excluding carboxylic acids is 1. The van der Waals surface area contributed by atoms with E-state index in [0.717, 1.165) is 37.9 Å². The molecule has 1 saturated carbocycles. The van der Waals surface area contributed by atoms with Gasteiger partial charge in [0.25, 0.3) is 5.91 Å². The van der Waals surface area contributed by atoms with E-state index < -0.39 is 0 Å². The topological polar surface area (TPSA) is 64.3 Å². The molecule has 1 aromatic rings. The second-order valence-electron chi connectivity index (χ2n) is 5.52. The molecule has 110 valence electrons. The highest BCUT2D eigenvalue weighted by Crippen LogP contribution is 2.29. The smallest absolute Gasteiger partial charge is 0.251 e. The van der Waals surface area contributed by atoms with Crippen molar-refractivity contribution in [2.75, 3.05) is 13.2 Å². The van der Waals surface area contributed by atoms with Crippen LogP contribution in [-0.4, -0.2) is 24.6 Å². The molecule has 0 saturated heterocycles. The highest BCUT2D eigenvalue weighted by atomic mass is 16.5. The molecule has 1 fully saturated rings. The SMILES string of the molecule is CCCOc1cccc(C(=O)NC2(CN)CCCC2)c1. The van der Waals surface area contributed by atoms with E-state index in [1.807, 2.05) is 18.2 Å². The Morgan fingerprint density at radius 3 is 2.80 bits per heavy atom. The van der Waals surface area contributed by atoms with E-state index in [0.29, 0.717) is 18.7 Å². The normalized spacial score (nSPS) is 16.9. The van der Waals surface area contributed by atoms with Crippen LogP contribution >= 0.6 is 0 Å². The van der Waals surface area contributed by atoms with Crippen molar-refractivity contribution in [3.63, 3.8) is 0 Å². The van der Waals surface area contributed by atoms with Gasteiger partial charge in [-0.05, 0) is 37.5 Å². The molecular formula is C16H24N2O2. The first-order chi connectivity index (χ1) is 9.69. The highest BCUT2D eigenvalue weighted by molar-refractivity contribution is 5.95. The fourth-order valence-corrected chi connectivity index (χ4v) is 2.69. The van der Waals surface area contributed by atoms with Crippen molar-refractivity contribution in [3.8, 4) is 5.75 Å². The van der Waals surface area contributed by atoms with Gasteiger partial charge < -0.3 is 15.8 Å². The van der Waals surface area contributed by atoms with Gasteiger partial charge in [0.2, 0.25) is 0 Å². The zero-order valence-corrected chi connectivity index (χ0v) is 12.2. The average molecular weight is 276 g/mol. The molecule has 0 radical (unpaired) electrons. The van der Waals surface area contributed by atoms with Crippen LogP contribution in [0.2, 0.25) is 0 Å². The molecule has 0 aliphatic heterocycles. The summed E-state index contributed by atoms with van der Waals surface area (Å²) in [5.41, 5.74) is 6.28. The first kappa shape index (κ1) is 14.9. The van der Waals surface area contributed by atoms with Gasteiger partial charge in [-0.1, -0.05) is 25.8 Å². The fourth-order valence-electron chi connectivity index (χ4n) is 2.69. The largest absolute Gasteiger partial charge is 0.494 e. The third-order valence-electron chi connectivity index (χ3n) is 3.90. The van der Waals surface area contributed by atoms with E-state index in [-0.39, 0.29) is 11.4 Å². The maximum Gasteiger partial charge on any atom is 0.251 e. The minimum absolute atomic E-state index is 0.0562. The van der Waals surface area contributed by atoms with E-state index in [1.165, 1.54) is 0 Å². The third-order valence-corrected chi connectivity index (χ3v) is 3.90. The predicted molar refractivity (Wildman–Crippen MR) is 79.9 cm³/mol. The van der Waals surface area contributed by atoms with Crippen LogP contribution in [0.25, 0.3) is 0 Å². The van der Waals surface area contributed by atoms with Crippen LogP contribution in [0.1, 0.15) is 49.4 Å². The van der Waals surface area contributed by atoms with Crippen LogP contribution in [0.3, 0.4) is 0 Å². The van der Waals surface area contributed by atoms with Crippen molar-refractivity contribution in [3.05, 3.63) is 29.8 Å². The quantitative estimate of drug-likeness (QED) is 0.839. The zero-order chi connectivity index (χ0) is 14.4. The van der Waals surface area contributed by atoms with E-state index in [4.69, 9.17) is 10.5 Å². The highest BCUT2D eigenvalue weighted by Gasteiger charge is 2.34. The van der Waals surface area contributed by atoms with Crippen molar-refractivity contribution < 1.29 is 9.53 Å².